The molecule has 1 aliphatic rings. The van der Waals surface area contributed by atoms with Gasteiger partial charge in [0.2, 0.25) is 0 Å². The fourth-order valence-electron chi connectivity index (χ4n) is 3.03. The summed E-state index contributed by atoms with van der Waals surface area (Å²) >= 11 is 1.20. The van der Waals surface area contributed by atoms with Gasteiger partial charge in [0, 0.05) is 18.7 Å². The Morgan fingerprint density at radius 2 is 2.00 bits per heavy atom. The first kappa shape index (κ1) is 22.9. The molecule has 2 aromatic rings. The molecule has 3 rings (SSSR count). The van der Waals surface area contributed by atoms with Crippen molar-refractivity contribution in [3.05, 3.63) is 39.8 Å². The second kappa shape index (κ2) is 10.0. The first-order chi connectivity index (χ1) is 14.7. The summed E-state index contributed by atoms with van der Waals surface area (Å²) in [5.74, 6) is -0.752. The molecule has 0 radical (unpaired) electrons. The van der Waals surface area contributed by atoms with Gasteiger partial charge < -0.3 is 10.1 Å². The summed E-state index contributed by atoms with van der Waals surface area (Å²) in [6.07, 6.45) is 3.43. The van der Waals surface area contributed by atoms with Crippen LogP contribution in [0, 0.1) is 13.8 Å². The highest BCUT2D eigenvalue weighted by Gasteiger charge is 2.19. The summed E-state index contributed by atoms with van der Waals surface area (Å²) in [7, 11) is -3.82. The third kappa shape index (κ3) is 6.34. The Labute approximate surface area is 185 Å². The van der Waals surface area contributed by atoms with Gasteiger partial charge in [-0.25, -0.2) is 18.2 Å². The van der Waals surface area contributed by atoms with E-state index in [1.165, 1.54) is 29.5 Å². The lowest BCUT2D eigenvalue weighted by Crippen LogP contribution is -2.30. The van der Waals surface area contributed by atoms with Crippen molar-refractivity contribution in [2.75, 3.05) is 18.5 Å². The average Bonchev–Trinajstić information content (AvgIpc) is 2.90. The fraction of sp³-hybridized carbons (Fsp3) is 0.400. The lowest BCUT2D eigenvalue weighted by Gasteiger charge is -2.11. The maximum Gasteiger partial charge on any atom is 0.350 e. The van der Waals surface area contributed by atoms with Crippen molar-refractivity contribution >= 4 is 44.8 Å². The standard InChI is InChI=1S/C20H24N4O5S2/c1-13-19(30-14(2)22-13)20(26)29-12-18(25)23-15-7-6-8-16(11-15)31(27,28)24-17-9-4-3-5-10-21-17/h6-8,11H,3-5,9-10,12H2,1-2H3,(H,21,24)(H,23,25). The molecule has 2 N–H and O–H groups in total. The SMILES string of the molecule is Cc1nc(C)c(C(=O)OCC(=O)Nc2cccc(S(=O)(=O)NC3=NCCCCC3)c2)s1. The molecule has 1 aromatic heterocycles. The minimum Gasteiger partial charge on any atom is -0.451 e. The molecular weight excluding hydrogens is 440 g/mol. The van der Waals surface area contributed by atoms with E-state index < -0.39 is 28.5 Å². The maximum absolute atomic E-state index is 12.7. The van der Waals surface area contributed by atoms with Crippen molar-refractivity contribution in [3.63, 3.8) is 0 Å². The van der Waals surface area contributed by atoms with Crippen LogP contribution in [0.5, 0.6) is 0 Å². The number of nitrogens with zero attached hydrogens (tertiary/aromatic N) is 2. The van der Waals surface area contributed by atoms with Crippen LogP contribution in [0.2, 0.25) is 0 Å². The number of amidine groups is 1. The highest BCUT2D eigenvalue weighted by atomic mass is 32.2. The first-order valence-corrected chi connectivity index (χ1v) is 12.1. The second-order valence-electron chi connectivity index (χ2n) is 7.04. The Kier molecular flexibility index (Phi) is 7.39. The van der Waals surface area contributed by atoms with Crippen LogP contribution in [0.4, 0.5) is 5.69 Å². The Morgan fingerprint density at radius 1 is 1.19 bits per heavy atom. The number of carbonyl (C=O) groups is 2. The second-order valence-corrected chi connectivity index (χ2v) is 9.93. The number of benzene rings is 1. The van der Waals surface area contributed by atoms with E-state index in [0.29, 0.717) is 29.4 Å². The van der Waals surface area contributed by atoms with Crippen LogP contribution in [0.1, 0.15) is 46.1 Å². The molecule has 0 atom stereocenters. The van der Waals surface area contributed by atoms with Crippen molar-refractivity contribution in [1.82, 2.24) is 9.71 Å². The van der Waals surface area contributed by atoms with Gasteiger partial charge in [0.1, 0.15) is 10.7 Å². The van der Waals surface area contributed by atoms with E-state index >= 15 is 0 Å². The van der Waals surface area contributed by atoms with Crippen LogP contribution in [0.15, 0.2) is 34.2 Å². The molecule has 9 nitrogen and oxygen atoms in total. The van der Waals surface area contributed by atoms with Crippen LogP contribution >= 0.6 is 11.3 Å². The Balaban J connectivity index is 1.60. The number of thiazole rings is 1. The van der Waals surface area contributed by atoms with E-state index in [-0.39, 0.29) is 10.6 Å². The number of esters is 1. The zero-order valence-electron chi connectivity index (χ0n) is 17.3. The van der Waals surface area contributed by atoms with Crippen LogP contribution in [0.25, 0.3) is 0 Å². The van der Waals surface area contributed by atoms with E-state index in [9.17, 15) is 18.0 Å². The van der Waals surface area contributed by atoms with Gasteiger partial charge in [0.15, 0.2) is 6.61 Å². The number of rotatable bonds is 6. The molecule has 0 fully saturated rings. The lowest BCUT2D eigenvalue weighted by molar-refractivity contribution is -0.119. The Bertz CT molecular complexity index is 1110. The molecule has 11 heteroatoms. The molecular formula is C20H24N4O5S2. The third-order valence-corrected chi connectivity index (χ3v) is 6.91. The molecule has 166 valence electrons. The normalized spacial score (nSPS) is 14.3. The monoisotopic (exact) mass is 464 g/mol. The number of sulfonamides is 1. The van der Waals surface area contributed by atoms with Gasteiger partial charge >= 0.3 is 5.97 Å². The number of hydrogen-bond acceptors (Lipinski definition) is 8. The van der Waals surface area contributed by atoms with Crippen molar-refractivity contribution in [3.8, 4) is 0 Å². The highest BCUT2D eigenvalue weighted by Crippen LogP contribution is 2.19. The summed E-state index contributed by atoms with van der Waals surface area (Å²) in [6, 6.07) is 5.85. The van der Waals surface area contributed by atoms with E-state index in [0.717, 1.165) is 24.3 Å². The molecule has 31 heavy (non-hydrogen) atoms. The van der Waals surface area contributed by atoms with Crippen LogP contribution in [-0.4, -0.2) is 44.3 Å². The highest BCUT2D eigenvalue weighted by molar-refractivity contribution is 7.90. The predicted molar refractivity (Wildman–Crippen MR) is 118 cm³/mol. The van der Waals surface area contributed by atoms with E-state index in [2.05, 4.69) is 20.0 Å². The number of nitrogens with one attached hydrogen (secondary N) is 2. The number of hydrogen-bond donors (Lipinski definition) is 2. The molecule has 0 aliphatic carbocycles. The maximum atomic E-state index is 12.7. The average molecular weight is 465 g/mol. The summed E-state index contributed by atoms with van der Waals surface area (Å²) in [5.41, 5.74) is 0.827. The van der Waals surface area contributed by atoms with Gasteiger partial charge in [-0.05, 0) is 44.9 Å². The smallest absolute Gasteiger partial charge is 0.350 e. The molecule has 1 amide bonds. The van der Waals surface area contributed by atoms with Gasteiger partial charge in [-0.15, -0.1) is 11.3 Å². The van der Waals surface area contributed by atoms with E-state index in [4.69, 9.17) is 4.74 Å². The van der Waals surface area contributed by atoms with Gasteiger partial charge in [-0.2, -0.15) is 0 Å². The topological polar surface area (TPSA) is 127 Å². The number of anilines is 1. The lowest BCUT2D eigenvalue weighted by atomic mass is 10.2. The predicted octanol–water partition coefficient (Wildman–Crippen LogP) is 2.81. The molecule has 0 saturated heterocycles. The van der Waals surface area contributed by atoms with Gasteiger partial charge in [-0.3, -0.25) is 14.5 Å². The van der Waals surface area contributed by atoms with Crippen molar-refractivity contribution in [2.24, 2.45) is 4.99 Å². The summed E-state index contributed by atoms with van der Waals surface area (Å²) in [5, 5.41) is 3.28. The summed E-state index contributed by atoms with van der Waals surface area (Å²) < 4.78 is 32.9. The van der Waals surface area contributed by atoms with Crippen LogP contribution in [0.3, 0.4) is 0 Å². The van der Waals surface area contributed by atoms with Crippen LogP contribution in [-0.2, 0) is 19.6 Å². The quantitative estimate of drug-likeness (QED) is 0.633. The van der Waals surface area contributed by atoms with Crippen molar-refractivity contribution < 1.29 is 22.7 Å². The zero-order valence-corrected chi connectivity index (χ0v) is 18.9. The van der Waals surface area contributed by atoms with Gasteiger partial charge in [0.05, 0.1) is 15.6 Å². The number of ether oxygens (including phenoxy) is 1. The molecule has 1 aromatic carbocycles. The van der Waals surface area contributed by atoms with Gasteiger partial charge in [0.25, 0.3) is 15.9 Å². The first-order valence-electron chi connectivity index (χ1n) is 9.82. The summed E-state index contributed by atoms with van der Waals surface area (Å²) in [4.78, 5) is 33.1. The van der Waals surface area contributed by atoms with Crippen LogP contribution < -0.4 is 10.0 Å². The largest absolute Gasteiger partial charge is 0.451 e. The zero-order chi connectivity index (χ0) is 22.4. The van der Waals surface area contributed by atoms with E-state index in [1.54, 1.807) is 19.9 Å². The molecule has 1 aliphatic heterocycles. The number of aryl methyl sites for hydroxylation is 2. The molecule has 2 heterocycles. The molecule has 0 unspecified atom stereocenters. The number of aromatic nitrogens is 1. The molecule has 0 spiro atoms. The van der Waals surface area contributed by atoms with Crippen molar-refractivity contribution in [2.45, 2.75) is 44.4 Å². The summed E-state index contributed by atoms with van der Waals surface area (Å²) in [6.45, 7) is 3.58. The minimum absolute atomic E-state index is 0.00463. The number of carbonyl (C=O) groups excluding carboxylic acids is 2. The fourth-order valence-corrected chi connectivity index (χ4v) is 4.97. The Morgan fingerprint density at radius 3 is 2.74 bits per heavy atom. The van der Waals surface area contributed by atoms with Gasteiger partial charge in [-0.1, -0.05) is 12.5 Å². The Hall–Kier alpha value is -2.79. The molecule has 0 saturated carbocycles. The third-order valence-electron chi connectivity index (χ3n) is 4.48. The number of amides is 1. The van der Waals surface area contributed by atoms with E-state index in [1.807, 2.05) is 0 Å². The minimum atomic E-state index is -3.82. The van der Waals surface area contributed by atoms with Crippen molar-refractivity contribution in [1.29, 1.82) is 0 Å². The number of aliphatic imine (C=N–C) groups is 1. The molecule has 0 bridgehead atoms.